The number of aromatic nitrogens is 3. The number of nitrogens with two attached hydrogens (primary N) is 1. The maximum atomic E-state index is 6.23. The van der Waals surface area contributed by atoms with Crippen molar-refractivity contribution in [3.05, 3.63) is 43.7 Å². The number of halogens is 2. The lowest BCUT2D eigenvalue weighted by Gasteiger charge is -2.13. The first-order chi connectivity index (χ1) is 7.61. The summed E-state index contributed by atoms with van der Waals surface area (Å²) in [4.78, 5) is 0. The largest absolute Gasteiger partial charge is 0.319 e. The highest BCUT2D eigenvalue weighted by molar-refractivity contribution is 14.1. The summed E-state index contributed by atoms with van der Waals surface area (Å²) in [5.74, 6) is 0. The summed E-state index contributed by atoms with van der Waals surface area (Å²) in [7, 11) is 1.84. The molecule has 0 saturated heterocycles. The van der Waals surface area contributed by atoms with Crippen LogP contribution in [0.4, 0.5) is 0 Å². The second kappa shape index (κ2) is 4.80. The van der Waals surface area contributed by atoms with Crippen LogP contribution in [0.5, 0.6) is 0 Å². The molecule has 0 aliphatic heterocycles. The Morgan fingerprint density at radius 3 is 2.69 bits per heavy atom. The summed E-state index contributed by atoms with van der Waals surface area (Å²) in [6, 6.07) is 7.81. The van der Waals surface area contributed by atoms with E-state index in [-0.39, 0.29) is 6.04 Å². The van der Waals surface area contributed by atoms with Gasteiger partial charge in [0.2, 0.25) is 0 Å². The van der Waals surface area contributed by atoms with Gasteiger partial charge in [-0.15, -0.1) is 5.10 Å². The molecule has 0 bridgehead atoms. The molecule has 2 aromatic rings. The van der Waals surface area contributed by atoms with Crippen molar-refractivity contribution in [2.45, 2.75) is 6.04 Å². The second-order valence-corrected chi connectivity index (χ2v) is 5.30. The fraction of sp³-hybridized carbons (Fsp3) is 0.200. The van der Waals surface area contributed by atoms with Crippen molar-refractivity contribution < 1.29 is 0 Å². The third-order valence-corrected chi connectivity index (χ3v) is 3.91. The van der Waals surface area contributed by atoms with Crippen LogP contribution in [0.3, 0.4) is 0 Å². The highest BCUT2D eigenvalue weighted by Gasteiger charge is 2.19. The minimum absolute atomic E-state index is 0.220. The molecule has 2 rings (SSSR count). The SMILES string of the molecule is Cn1nnc(Br)c1C(N)c1ccccc1I. The van der Waals surface area contributed by atoms with Gasteiger partial charge in [0.15, 0.2) is 4.60 Å². The minimum Gasteiger partial charge on any atom is -0.319 e. The molecular weight excluding hydrogens is 383 g/mol. The lowest BCUT2D eigenvalue weighted by atomic mass is 10.1. The van der Waals surface area contributed by atoms with E-state index in [4.69, 9.17) is 5.73 Å². The number of hydrogen-bond donors (Lipinski definition) is 1. The van der Waals surface area contributed by atoms with Crippen molar-refractivity contribution in [2.24, 2.45) is 12.8 Å². The maximum absolute atomic E-state index is 6.23. The van der Waals surface area contributed by atoms with Crippen LogP contribution in [0.15, 0.2) is 28.9 Å². The lowest BCUT2D eigenvalue weighted by Crippen LogP contribution is -2.17. The molecule has 0 aliphatic carbocycles. The van der Waals surface area contributed by atoms with Crippen LogP contribution < -0.4 is 5.73 Å². The Kier molecular flexibility index (Phi) is 3.60. The van der Waals surface area contributed by atoms with Gasteiger partial charge in [0.25, 0.3) is 0 Å². The van der Waals surface area contributed by atoms with Crippen LogP contribution in [-0.4, -0.2) is 15.0 Å². The molecule has 2 N–H and O–H groups in total. The highest BCUT2D eigenvalue weighted by Crippen LogP contribution is 2.27. The predicted molar refractivity (Wildman–Crippen MR) is 73.9 cm³/mol. The van der Waals surface area contributed by atoms with E-state index in [1.54, 1.807) is 4.68 Å². The molecule has 6 heteroatoms. The quantitative estimate of drug-likeness (QED) is 0.797. The molecule has 4 nitrogen and oxygen atoms in total. The summed E-state index contributed by atoms with van der Waals surface area (Å²) >= 11 is 5.64. The summed E-state index contributed by atoms with van der Waals surface area (Å²) in [5, 5.41) is 7.87. The standard InChI is InChI=1S/C10H10BrIN4/c1-16-9(10(11)14-15-16)8(13)6-4-2-3-5-7(6)12/h2-5,8H,13H2,1H3. The number of rotatable bonds is 2. The Bertz CT molecular complexity index is 492. The van der Waals surface area contributed by atoms with Gasteiger partial charge in [-0.2, -0.15) is 0 Å². The van der Waals surface area contributed by atoms with Gasteiger partial charge in [-0.1, -0.05) is 23.4 Å². The van der Waals surface area contributed by atoms with Gasteiger partial charge >= 0.3 is 0 Å². The molecule has 0 fully saturated rings. The molecule has 1 unspecified atom stereocenters. The van der Waals surface area contributed by atoms with Crippen LogP contribution in [0.25, 0.3) is 0 Å². The van der Waals surface area contributed by atoms with E-state index in [1.807, 2.05) is 31.3 Å². The first-order valence-corrected chi connectivity index (χ1v) is 6.53. The number of hydrogen-bond acceptors (Lipinski definition) is 3. The monoisotopic (exact) mass is 392 g/mol. The zero-order valence-corrected chi connectivity index (χ0v) is 12.3. The first-order valence-electron chi connectivity index (χ1n) is 4.66. The first kappa shape index (κ1) is 12.0. The van der Waals surface area contributed by atoms with Gasteiger partial charge in [-0.3, -0.25) is 0 Å². The molecule has 0 amide bonds. The average Bonchev–Trinajstić information content (AvgIpc) is 2.58. The van der Waals surface area contributed by atoms with Crippen molar-refractivity contribution in [2.75, 3.05) is 0 Å². The molecular formula is C10H10BrIN4. The molecule has 0 aliphatic rings. The number of benzene rings is 1. The molecule has 0 spiro atoms. The van der Waals surface area contributed by atoms with Crippen LogP contribution in [0.2, 0.25) is 0 Å². The van der Waals surface area contributed by atoms with Crippen LogP contribution in [0, 0.1) is 3.57 Å². The summed E-state index contributed by atoms with van der Waals surface area (Å²) in [6.07, 6.45) is 0. The van der Waals surface area contributed by atoms with E-state index in [0.717, 1.165) is 14.8 Å². The van der Waals surface area contributed by atoms with E-state index in [0.29, 0.717) is 4.60 Å². The van der Waals surface area contributed by atoms with E-state index in [9.17, 15) is 0 Å². The fourth-order valence-electron chi connectivity index (χ4n) is 1.54. The molecule has 1 heterocycles. The van der Waals surface area contributed by atoms with Crippen molar-refractivity contribution in [3.8, 4) is 0 Å². The fourth-order valence-corrected chi connectivity index (χ4v) is 2.84. The van der Waals surface area contributed by atoms with Crippen molar-refractivity contribution in [1.29, 1.82) is 0 Å². The van der Waals surface area contributed by atoms with Gasteiger partial charge in [0.05, 0.1) is 11.7 Å². The Morgan fingerprint density at radius 1 is 1.44 bits per heavy atom. The van der Waals surface area contributed by atoms with Gasteiger partial charge in [-0.25, -0.2) is 4.68 Å². The molecule has 0 saturated carbocycles. The van der Waals surface area contributed by atoms with E-state index < -0.39 is 0 Å². The van der Waals surface area contributed by atoms with Gasteiger partial charge < -0.3 is 5.73 Å². The normalized spacial score (nSPS) is 12.8. The molecule has 1 aromatic heterocycles. The third kappa shape index (κ3) is 2.14. The second-order valence-electron chi connectivity index (χ2n) is 3.39. The third-order valence-electron chi connectivity index (χ3n) is 2.36. The van der Waals surface area contributed by atoms with Crippen LogP contribution in [0.1, 0.15) is 17.3 Å². The molecule has 84 valence electrons. The minimum atomic E-state index is -0.220. The highest BCUT2D eigenvalue weighted by atomic mass is 127. The smallest absolute Gasteiger partial charge is 0.153 e. The summed E-state index contributed by atoms with van der Waals surface area (Å²) < 4.78 is 3.53. The lowest BCUT2D eigenvalue weighted by molar-refractivity contribution is 0.650. The average molecular weight is 393 g/mol. The summed E-state index contributed by atoms with van der Waals surface area (Å²) in [5.41, 5.74) is 8.18. The zero-order chi connectivity index (χ0) is 11.7. The Labute approximate surface area is 115 Å². The van der Waals surface area contributed by atoms with Gasteiger partial charge in [-0.05, 0) is 50.2 Å². The topological polar surface area (TPSA) is 56.7 Å². The maximum Gasteiger partial charge on any atom is 0.153 e. The van der Waals surface area contributed by atoms with E-state index in [1.165, 1.54) is 0 Å². The van der Waals surface area contributed by atoms with Gasteiger partial charge in [0.1, 0.15) is 0 Å². The van der Waals surface area contributed by atoms with Crippen molar-refractivity contribution in [1.82, 2.24) is 15.0 Å². The number of nitrogens with zero attached hydrogens (tertiary/aromatic N) is 3. The Balaban J connectivity index is 2.47. The number of aryl methyl sites for hydroxylation is 1. The molecule has 16 heavy (non-hydrogen) atoms. The van der Waals surface area contributed by atoms with Crippen molar-refractivity contribution in [3.63, 3.8) is 0 Å². The van der Waals surface area contributed by atoms with Crippen LogP contribution >= 0.6 is 38.5 Å². The molecule has 0 radical (unpaired) electrons. The Morgan fingerprint density at radius 2 is 2.12 bits per heavy atom. The zero-order valence-electron chi connectivity index (χ0n) is 8.56. The van der Waals surface area contributed by atoms with E-state index in [2.05, 4.69) is 48.8 Å². The molecule has 1 aromatic carbocycles. The molecule has 1 atom stereocenters. The van der Waals surface area contributed by atoms with E-state index >= 15 is 0 Å². The predicted octanol–water partition coefficient (Wildman–Crippen LogP) is 2.23. The summed E-state index contributed by atoms with van der Waals surface area (Å²) in [6.45, 7) is 0. The van der Waals surface area contributed by atoms with Crippen LogP contribution in [-0.2, 0) is 7.05 Å². The van der Waals surface area contributed by atoms with Gasteiger partial charge in [0, 0.05) is 10.6 Å². The Hall–Kier alpha value is -0.470. The van der Waals surface area contributed by atoms with Crippen molar-refractivity contribution >= 4 is 38.5 Å².